The summed E-state index contributed by atoms with van der Waals surface area (Å²) >= 11 is 0. The first-order valence-corrected chi connectivity index (χ1v) is 11.7. The fourth-order valence-corrected chi connectivity index (χ4v) is 5.66. The van der Waals surface area contributed by atoms with Crippen LogP contribution in [-0.2, 0) is 16.8 Å². The van der Waals surface area contributed by atoms with E-state index in [0.29, 0.717) is 6.04 Å². The molecule has 3 aromatic carbocycles. The molecule has 4 heteroatoms. The average Bonchev–Trinajstić information content (AvgIpc) is 3.52. The molecule has 0 radical (unpaired) electrons. The smallest absolute Gasteiger partial charge is 0.244 e. The number of imidazole rings is 1. The van der Waals surface area contributed by atoms with Gasteiger partial charge in [-0.2, -0.15) is 0 Å². The topological polar surface area (TPSA) is 51.9 Å². The van der Waals surface area contributed by atoms with Gasteiger partial charge in [-0.3, -0.25) is 4.79 Å². The molecule has 1 saturated carbocycles. The molecule has 0 spiro atoms. The Kier molecular flexibility index (Phi) is 5.82. The van der Waals surface area contributed by atoms with Gasteiger partial charge in [0.25, 0.3) is 0 Å². The van der Waals surface area contributed by atoms with Crippen molar-refractivity contribution in [1.82, 2.24) is 4.57 Å². The molecule has 166 valence electrons. The van der Waals surface area contributed by atoms with Crippen LogP contribution in [0, 0.1) is 5.92 Å². The van der Waals surface area contributed by atoms with E-state index >= 15 is 0 Å². The van der Waals surface area contributed by atoms with Gasteiger partial charge in [0.2, 0.25) is 12.2 Å². The minimum absolute atomic E-state index is 0.134. The van der Waals surface area contributed by atoms with Crippen molar-refractivity contribution in [3.05, 3.63) is 126 Å². The summed E-state index contributed by atoms with van der Waals surface area (Å²) in [6.45, 7) is 0.850. The molecule has 1 fully saturated rings. The molecule has 0 unspecified atom stereocenters. The van der Waals surface area contributed by atoms with Crippen LogP contribution in [0.1, 0.15) is 42.0 Å². The molecule has 5 rings (SSSR count). The fourth-order valence-electron chi connectivity index (χ4n) is 5.66. The van der Waals surface area contributed by atoms with Gasteiger partial charge in [-0.1, -0.05) is 91.0 Å². The van der Waals surface area contributed by atoms with Crippen molar-refractivity contribution in [3.63, 3.8) is 0 Å². The highest BCUT2D eigenvalue weighted by Crippen LogP contribution is 2.49. The molecule has 0 aliphatic heterocycles. The van der Waals surface area contributed by atoms with Crippen LogP contribution >= 0.6 is 0 Å². The van der Waals surface area contributed by atoms with E-state index in [1.807, 2.05) is 42.5 Å². The number of carbonyl (C=O) groups is 1. The lowest BCUT2D eigenvalue weighted by Crippen LogP contribution is -2.47. The summed E-state index contributed by atoms with van der Waals surface area (Å²) in [6, 6.07) is 31.0. The number of rotatable bonds is 7. The van der Waals surface area contributed by atoms with Crippen LogP contribution in [0.25, 0.3) is 0 Å². The highest BCUT2D eigenvalue weighted by Gasteiger charge is 2.50. The normalized spacial score (nSPS) is 18.3. The monoisotopic (exact) mass is 436 g/mol. The van der Waals surface area contributed by atoms with Crippen LogP contribution in [-0.4, -0.2) is 10.5 Å². The van der Waals surface area contributed by atoms with Gasteiger partial charge in [0.15, 0.2) is 0 Å². The molecule has 4 aromatic rings. The van der Waals surface area contributed by atoms with Crippen molar-refractivity contribution in [1.29, 1.82) is 0 Å². The zero-order valence-electron chi connectivity index (χ0n) is 18.8. The third kappa shape index (κ3) is 3.97. The quantitative estimate of drug-likeness (QED) is 0.422. The van der Waals surface area contributed by atoms with Gasteiger partial charge in [0.05, 0.1) is 0 Å². The van der Waals surface area contributed by atoms with E-state index in [2.05, 4.69) is 76.4 Å². The van der Waals surface area contributed by atoms with E-state index in [0.717, 1.165) is 36.9 Å². The fraction of sp³-hybridized carbons (Fsp3) is 0.241. The lowest BCUT2D eigenvalue weighted by molar-refractivity contribution is -0.688. The Morgan fingerprint density at radius 2 is 1.45 bits per heavy atom. The zero-order valence-corrected chi connectivity index (χ0v) is 18.8. The number of hydrogen-bond acceptors (Lipinski definition) is 1. The molecule has 0 bridgehead atoms. The van der Waals surface area contributed by atoms with Crippen molar-refractivity contribution in [2.75, 3.05) is 0 Å². The standard InChI is InChI=1S/C29H29N3O/c30-28(33)29(24-12-6-2-7-13-24,25-14-8-3-9-15-25)26-16-17-27(20-26)32-19-18-31(22-32)21-23-10-4-1-5-11-23/h1-15,18-19,22,26-27H,16-17,20-21H2,(H-,30,33)/p+1/t26-,27-/m0/s1. The molecule has 1 aliphatic rings. The summed E-state index contributed by atoms with van der Waals surface area (Å²) in [6.07, 6.45) is 9.38. The lowest BCUT2D eigenvalue weighted by Gasteiger charge is -2.37. The van der Waals surface area contributed by atoms with Gasteiger partial charge in [-0.05, 0) is 41.9 Å². The van der Waals surface area contributed by atoms with E-state index in [4.69, 9.17) is 5.73 Å². The number of carbonyl (C=O) groups excluding carboxylic acids is 1. The van der Waals surface area contributed by atoms with E-state index in [1.165, 1.54) is 5.56 Å². The Bertz CT molecular complexity index is 1160. The highest BCUT2D eigenvalue weighted by atomic mass is 16.1. The number of benzene rings is 3. The third-order valence-electron chi connectivity index (χ3n) is 7.21. The maximum atomic E-state index is 13.3. The summed E-state index contributed by atoms with van der Waals surface area (Å²) in [5, 5.41) is 0. The number of nitrogens with zero attached hydrogens (tertiary/aromatic N) is 2. The Hall–Kier alpha value is -3.66. The second-order valence-electron chi connectivity index (χ2n) is 9.09. The van der Waals surface area contributed by atoms with Crippen LogP contribution < -0.4 is 10.3 Å². The Morgan fingerprint density at radius 3 is 2.03 bits per heavy atom. The summed E-state index contributed by atoms with van der Waals surface area (Å²) in [5.41, 5.74) is 8.67. The Balaban J connectivity index is 1.45. The molecule has 2 N–H and O–H groups in total. The summed E-state index contributed by atoms with van der Waals surface area (Å²) in [5.74, 6) is -0.132. The predicted molar refractivity (Wildman–Crippen MR) is 129 cm³/mol. The number of aromatic nitrogens is 2. The molecule has 0 saturated heterocycles. The summed E-state index contributed by atoms with van der Waals surface area (Å²) in [4.78, 5) is 13.3. The first kappa shape index (κ1) is 21.2. The Labute approximate surface area is 195 Å². The van der Waals surface area contributed by atoms with Crippen LogP contribution in [0.4, 0.5) is 0 Å². The van der Waals surface area contributed by atoms with Crippen LogP contribution in [0.3, 0.4) is 0 Å². The molecule has 1 aliphatic carbocycles. The number of nitrogens with two attached hydrogens (primary N) is 1. The van der Waals surface area contributed by atoms with Gasteiger partial charge < -0.3 is 5.73 Å². The summed E-state index contributed by atoms with van der Waals surface area (Å²) < 4.78 is 4.53. The second-order valence-corrected chi connectivity index (χ2v) is 9.09. The second kappa shape index (κ2) is 9.07. The van der Waals surface area contributed by atoms with Crippen LogP contribution in [0.5, 0.6) is 0 Å². The minimum atomic E-state index is -0.829. The van der Waals surface area contributed by atoms with Crippen molar-refractivity contribution in [3.8, 4) is 0 Å². The van der Waals surface area contributed by atoms with Crippen molar-refractivity contribution in [2.24, 2.45) is 11.7 Å². The van der Waals surface area contributed by atoms with Gasteiger partial charge in [0.1, 0.15) is 30.4 Å². The molecule has 1 aromatic heterocycles. The van der Waals surface area contributed by atoms with Crippen molar-refractivity contribution >= 4 is 5.91 Å². The maximum Gasteiger partial charge on any atom is 0.244 e. The van der Waals surface area contributed by atoms with Gasteiger partial charge in [-0.15, -0.1) is 0 Å². The number of hydrogen-bond donors (Lipinski definition) is 1. The zero-order chi connectivity index (χ0) is 22.7. The predicted octanol–water partition coefficient (Wildman–Crippen LogP) is 4.64. The summed E-state index contributed by atoms with van der Waals surface area (Å²) in [7, 11) is 0. The van der Waals surface area contributed by atoms with Crippen LogP contribution in [0.15, 0.2) is 110 Å². The van der Waals surface area contributed by atoms with E-state index < -0.39 is 5.41 Å². The van der Waals surface area contributed by atoms with Gasteiger partial charge >= 0.3 is 0 Å². The molecular weight excluding hydrogens is 406 g/mol. The van der Waals surface area contributed by atoms with Gasteiger partial charge in [0, 0.05) is 0 Å². The molecule has 4 nitrogen and oxygen atoms in total. The van der Waals surface area contributed by atoms with E-state index in [9.17, 15) is 4.79 Å². The number of amides is 1. The molecule has 33 heavy (non-hydrogen) atoms. The third-order valence-corrected chi connectivity index (χ3v) is 7.21. The van der Waals surface area contributed by atoms with Gasteiger partial charge in [-0.25, -0.2) is 9.13 Å². The lowest BCUT2D eigenvalue weighted by atomic mass is 9.64. The SMILES string of the molecule is NC(=O)C(c1ccccc1)(c1ccccc1)[C@H]1CC[C@H](n2cc[n+](Cc3ccccc3)c2)C1. The first-order valence-electron chi connectivity index (χ1n) is 11.7. The van der Waals surface area contributed by atoms with Crippen molar-refractivity contribution < 1.29 is 9.36 Å². The first-order chi connectivity index (χ1) is 16.2. The maximum absolute atomic E-state index is 13.3. The molecule has 1 amide bonds. The largest absolute Gasteiger partial charge is 0.369 e. The number of primary amides is 1. The minimum Gasteiger partial charge on any atom is -0.369 e. The van der Waals surface area contributed by atoms with E-state index in [1.54, 1.807) is 0 Å². The molecule has 1 heterocycles. The van der Waals surface area contributed by atoms with Crippen LogP contribution in [0.2, 0.25) is 0 Å². The Morgan fingerprint density at radius 1 is 0.879 bits per heavy atom. The molecule has 2 atom stereocenters. The van der Waals surface area contributed by atoms with Crippen molar-refractivity contribution in [2.45, 2.75) is 37.3 Å². The average molecular weight is 437 g/mol. The highest BCUT2D eigenvalue weighted by molar-refractivity contribution is 5.91. The van der Waals surface area contributed by atoms with E-state index in [-0.39, 0.29) is 11.8 Å². The molecular formula is C29H30N3O+.